The van der Waals surface area contributed by atoms with E-state index < -0.39 is 10.0 Å². The van der Waals surface area contributed by atoms with Crippen molar-refractivity contribution in [1.29, 1.82) is 0 Å². The number of methoxy groups -OCH3 is 2. The predicted octanol–water partition coefficient (Wildman–Crippen LogP) is 4.37. The summed E-state index contributed by atoms with van der Waals surface area (Å²) in [7, 11) is -0.722. The van der Waals surface area contributed by atoms with Gasteiger partial charge in [-0.1, -0.05) is 29.5 Å². The molecule has 0 saturated carbocycles. The standard InChI is InChI=1S/C22H19N3O5S2/c1-29-15-9-10-17(19(13-15)30-2)21(26)23-14-8-11-18-20(12-14)31-22(24-18)25-32(27,28)16-6-4-3-5-7-16/h3-13H,1-2H3,(H,23,26)(H,24,25). The number of benzene rings is 3. The molecule has 0 fully saturated rings. The highest BCUT2D eigenvalue weighted by Gasteiger charge is 2.17. The third kappa shape index (κ3) is 4.51. The molecule has 0 radical (unpaired) electrons. The fraction of sp³-hybridized carbons (Fsp3) is 0.0909. The van der Waals surface area contributed by atoms with E-state index in [1.165, 1.54) is 37.7 Å². The van der Waals surface area contributed by atoms with Crippen LogP contribution in [0, 0.1) is 0 Å². The molecule has 4 rings (SSSR count). The van der Waals surface area contributed by atoms with Crippen LogP contribution < -0.4 is 19.5 Å². The number of amides is 1. The minimum absolute atomic E-state index is 0.153. The maximum atomic E-state index is 12.7. The molecule has 0 aliphatic carbocycles. The Hall–Kier alpha value is -3.63. The lowest BCUT2D eigenvalue weighted by molar-refractivity contribution is 0.102. The zero-order valence-electron chi connectivity index (χ0n) is 17.2. The molecule has 4 aromatic rings. The van der Waals surface area contributed by atoms with Crippen molar-refractivity contribution in [2.75, 3.05) is 24.3 Å². The molecule has 0 aliphatic heterocycles. The van der Waals surface area contributed by atoms with E-state index >= 15 is 0 Å². The largest absolute Gasteiger partial charge is 0.497 e. The number of thiazole rings is 1. The average molecular weight is 470 g/mol. The van der Waals surface area contributed by atoms with Gasteiger partial charge in [-0.05, 0) is 42.5 Å². The van der Waals surface area contributed by atoms with Crippen LogP contribution in [-0.2, 0) is 10.0 Å². The number of carbonyl (C=O) groups excluding carboxylic acids is 1. The lowest BCUT2D eigenvalue weighted by Gasteiger charge is -2.10. The molecular formula is C22H19N3O5S2. The molecule has 32 heavy (non-hydrogen) atoms. The van der Waals surface area contributed by atoms with E-state index in [0.717, 1.165) is 4.70 Å². The maximum absolute atomic E-state index is 12.7. The monoisotopic (exact) mass is 469 g/mol. The summed E-state index contributed by atoms with van der Waals surface area (Å²) in [6, 6.07) is 18.1. The minimum Gasteiger partial charge on any atom is -0.497 e. The van der Waals surface area contributed by atoms with Crippen molar-refractivity contribution in [3.63, 3.8) is 0 Å². The number of hydrogen-bond donors (Lipinski definition) is 2. The second-order valence-corrected chi connectivity index (χ2v) is 9.35. The van der Waals surface area contributed by atoms with Crippen molar-refractivity contribution in [3.05, 3.63) is 72.3 Å². The van der Waals surface area contributed by atoms with E-state index in [9.17, 15) is 13.2 Å². The Labute approximate surface area is 188 Å². The van der Waals surface area contributed by atoms with Crippen LogP contribution in [0.15, 0.2) is 71.6 Å². The summed E-state index contributed by atoms with van der Waals surface area (Å²) in [4.78, 5) is 17.2. The summed E-state index contributed by atoms with van der Waals surface area (Å²) in [5, 5.41) is 3.07. The number of nitrogens with zero attached hydrogens (tertiary/aromatic N) is 1. The first-order chi connectivity index (χ1) is 15.4. The molecule has 0 spiro atoms. The van der Waals surface area contributed by atoms with Crippen LogP contribution in [-0.4, -0.2) is 33.5 Å². The van der Waals surface area contributed by atoms with Gasteiger partial charge in [-0.25, -0.2) is 13.4 Å². The molecule has 8 nitrogen and oxygen atoms in total. The highest BCUT2D eigenvalue weighted by Crippen LogP contribution is 2.31. The van der Waals surface area contributed by atoms with Gasteiger partial charge in [0.2, 0.25) is 0 Å². The second kappa shape index (κ2) is 8.85. The van der Waals surface area contributed by atoms with Crippen molar-refractivity contribution in [2.24, 2.45) is 0 Å². The first kappa shape index (κ1) is 21.6. The van der Waals surface area contributed by atoms with Crippen LogP contribution in [0.1, 0.15) is 10.4 Å². The van der Waals surface area contributed by atoms with Crippen LogP contribution in [0.4, 0.5) is 10.8 Å². The smallest absolute Gasteiger partial charge is 0.263 e. The van der Waals surface area contributed by atoms with Crippen molar-refractivity contribution in [3.8, 4) is 11.5 Å². The average Bonchev–Trinajstić information content (AvgIpc) is 3.19. The molecular weight excluding hydrogens is 450 g/mol. The second-order valence-electron chi connectivity index (χ2n) is 6.64. The number of aromatic nitrogens is 1. The number of ether oxygens (including phenoxy) is 2. The van der Waals surface area contributed by atoms with Crippen LogP contribution >= 0.6 is 11.3 Å². The summed E-state index contributed by atoms with van der Waals surface area (Å²) in [6.07, 6.45) is 0. The highest BCUT2D eigenvalue weighted by atomic mass is 32.2. The molecule has 164 valence electrons. The van der Waals surface area contributed by atoms with Gasteiger partial charge in [0.05, 0.1) is 34.9 Å². The molecule has 0 aliphatic rings. The molecule has 1 amide bonds. The van der Waals surface area contributed by atoms with Gasteiger partial charge in [-0.3, -0.25) is 9.52 Å². The topological polar surface area (TPSA) is 107 Å². The van der Waals surface area contributed by atoms with E-state index in [2.05, 4.69) is 15.0 Å². The molecule has 0 saturated heterocycles. The quantitative estimate of drug-likeness (QED) is 0.416. The summed E-state index contributed by atoms with van der Waals surface area (Å²) in [6.45, 7) is 0. The van der Waals surface area contributed by atoms with Crippen LogP contribution in [0.2, 0.25) is 0 Å². The van der Waals surface area contributed by atoms with E-state index in [-0.39, 0.29) is 15.9 Å². The molecule has 3 aromatic carbocycles. The Bertz CT molecular complexity index is 1390. The van der Waals surface area contributed by atoms with Gasteiger partial charge in [0, 0.05) is 11.8 Å². The first-order valence-corrected chi connectivity index (χ1v) is 11.7. The lowest BCUT2D eigenvalue weighted by atomic mass is 10.1. The summed E-state index contributed by atoms with van der Waals surface area (Å²) >= 11 is 1.17. The fourth-order valence-corrected chi connectivity index (χ4v) is 5.17. The molecule has 0 atom stereocenters. The molecule has 0 bridgehead atoms. The zero-order chi connectivity index (χ0) is 22.7. The number of hydrogen-bond acceptors (Lipinski definition) is 7. The molecule has 1 heterocycles. The minimum atomic E-state index is -3.74. The summed E-state index contributed by atoms with van der Waals surface area (Å²) < 4.78 is 38.7. The number of rotatable bonds is 7. The normalized spacial score (nSPS) is 11.2. The molecule has 0 unspecified atom stereocenters. The van der Waals surface area contributed by atoms with Gasteiger partial charge in [0.15, 0.2) is 5.13 Å². The van der Waals surface area contributed by atoms with Gasteiger partial charge < -0.3 is 14.8 Å². The SMILES string of the molecule is COc1ccc(C(=O)Nc2ccc3nc(NS(=O)(=O)c4ccccc4)sc3c2)c(OC)c1. The molecule has 10 heteroatoms. The number of carbonyl (C=O) groups is 1. The Balaban J connectivity index is 1.55. The van der Waals surface area contributed by atoms with Gasteiger partial charge in [0.25, 0.3) is 15.9 Å². The zero-order valence-corrected chi connectivity index (χ0v) is 18.8. The first-order valence-electron chi connectivity index (χ1n) is 9.41. The number of sulfonamides is 1. The third-order valence-electron chi connectivity index (χ3n) is 4.57. The number of fused-ring (bicyclic) bond motifs is 1. The van der Waals surface area contributed by atoms with Crippen molar-refractivity contribution >= 4 is 48.3 Å². The van der Waals surface area contributed by atoms with Gasteiger partial charge in [-0.2, -0.15) is 0 Å². The van der Waals surface area contributed by atoms with Crippen molar-refractivity contribution < 1.29 is 22.7 Å². The summed E-state index contributed by atoms with van der Waals surface area (Å²) in [5.41, 5.74) is 1.51. The predicted molar refractivity (Wildman–Crippen MR) is 124 cm³/mol. The van der Waals surface area contributed by atoms with E-state index in [0.29, 0.717) is 28.3 Å². The van der Waals surface area contributed by atoms with Crippen LogP contribution in [0.5, 0.6) is 11.5 Å². The Morgan fingerprint density at radius 3 is 2.47 bits per heavy atom. The van der Waals surface area contributed by atoms with Crippen LogP contribution in [0.25, 0.3) is 10.2 Å². The third-order valence-corrected chi connectivity index (χ3v) is 6.99. The number of anilines is 2. The maximum Gasteiger partial charge on any atom is 0.263 e. The van der Waals surface area contributed by atoms with E-state index in [4.69, 9.17) is 9.47 Å². The lowest BCUT2D eigenvalue weighted by Crippen LogP contribution is -2.13. The summed E-state index contributed by atoms with van der Waals surface area (Å²) in [5.74, 6) is 0.617. The van der Waals surface area contributed by atoms with E-state index in [1.807, 2.05) is 0 Å². The van der Waals surface area contributed by atoms with Crippen LogP contribution in [0.3, 0.4) is 0 Å². The molecule has 1 aromatic heterocycles. The Morgan fingerprint density at radius 1 is 0.969 bits per heavy atom. The Kier molecular flexibility index (Phi) is 5.97. The highest BCUT2D eigenvalue weighted by molar-refractivity contribution is 7.93. The van der Waals surface area contributed by atoms with Gasteiger partial charge in [-0.15, -0.1) is 0 Å². The van der Waals surface area contributed by atoms with Crippen molar-refractivity contribution in [1.82, 2.24) is 4.98 Å². The van der Waals surface area contributed by atoms with E-state index in [1.54, 1.807) is 54.6 Å². The Morgan fingerprint density at radius 2 is 1.75 bits per heavy atom. The van der Waals surface area contributed by atoms with Gasteiger partial charge >= 0.3 is 0 Å². The van der Waals surface area contributed by atoms with Crippen molar-refractivity contribution in [2.45, 2.75) is 4.90 Å². The number of nitrogens with one attached hydrogen (secondary N) is 2. The fourth-order valence-electron chi connectivity index (χ4n) is 3.00. The molecule has 2 N–H and O–H groups in total. The van der Waals surface area contributed by atoms with Gasteiger partial charge in [0.1, 0.15) is 11.5 Å².